The summed E-state index contributed by atoms with van der Waals surface area (Å²) in [6, 6.07) is 0.0643. The van der Waals surface area contributed by atoms with E-state index in [0.29, 0.717) is 13.2 Å². The summed E-state index contributed by atoms with van der Waals surface area (Å²) >= 11 is 0. The molecule has 2 rings (SSSR count). The van der Waals surface area contributed by atoms with Crippen LogP contribution < -0.4 is 0 Å². The fourth-order valence-corrected chi connectivity index (χ4v) is 2.66. The summed E-state index contributed by atoms with van der Waals surface area (Å²) in [5, 5.41) is 0. The van der Waals surface area contributed by atoms with Gasteiger partial charge in [0.25, 0.3) is 0 Å². The summed E-state index contributed by atoms with van der Waals surface area (Å²) in [7, 11) is 0. The highest BCUT2D eigenvalue weighted by atomic mass is 16.5. The highest BCUT2D eigenvalue weighted by Crippen LogP contribution is 2.28. The SMILES string of the molecule is CCOC(=O)C(=O)N1CCOC2CCCCC21. The minimum absolute atomic E-state index is 0.0643. The average Bonchev–Trinajstić information content (AvgIpc) is 2.37. The van der Waals surface area contributed by atoms with Crippen LogP contribution in [0.2, 0.25) is 0 Å². The smallest absolute Gasteiger partial charge is 0.397 e. The van der Waals surface area contributed by atoms with Crippen molar-refractivity contribution >= 4 is 11.9 Å². The maximum Gasteiger partial charge on any atom is 0.397 e. The molecule has 17 heavy (non-hydrogen) atoms. The summed E-state index contributed by atoms with van der Waals surface area (Å²) in [6.07, 6.45) is 4.25. The molecule has 5 heteroatoms. The van der Waals surface area contributed by atoms with Crippen molar-refractivity contribution in [2.75, 3.05) is 19.8 Å². The molecule has 0 spiro atoms. The Hall–Kier alpha value is -1.10. The molecule has 0 aromatic rings. The van der Waals surface area contributed by atoms with Gasteiger partial charge in [0.1, 0.15) is 0 Å². The molecule has 1 amide bonds. The molecule has 1 saturated heterocycles. The third-order valence-corrected chi connectivity index (χ3v) is 3.44. The van der Waals surface area contributed by atoms with Crippen molar-refractivity contribution in [3.05, 3.63) is 0 Å². The average molecular weight is 241 g/mol. The van der Waals surface area contributed by atoms with E-state index in [1.54, 1.807) is 11.8 Å². The van der Waals surface area contributed by atoms with Gasteiger partial charge in [0.05, 0.1) is 25.4 Å². The zero-order chi connectivity index (χ0) is 12.3. The lowest BCUT2D eigenvalue weighted by Gasteiger charge is -2.43. The van der Waals surface area contributed by atoms with Crippen molar-refractivity contribution in [2.24, 2.45) is 0 Å². The molecule has 0 N–H and O–H groups in total. The van der Waals surface area contributed by atoms with Gasteiger partial charge in [-0.05, 0) is 19.8 Å². The molecule has 2 aliphatic rings. The maximum atomic E-state index is 11.9. The van der Waals surface area contributed by atoms with Crippen LogP contribution in [0.5, 0.6) is 0 Å². The van der Waals surface area contributed by atoms with Crippen molar-refractivity contribution in [2.45, 2.75) is 44.8 Å². The van der Waals surface area contributed by atoms with Crippen LogP contribution in [0.3, 0.4) is 0 Å². The second kappa shape index (κ2) is 5.49. The van der Waals surface area contributed by atoms with Gasteiger partial charge < -0.3 is 14.4 Å². The molecule has 2 fully saturated rings. The Morgan fingerprint density at radius 1 is 1.35 bits per heavy atom. The van der Waals surface area contributed by atoms with E-state index in [4.69, 9.17) is 9.47 Å². The summed E-state index contributed by atoms with van der Waals surface area (Å²) in [5.74, 6) is -1.24. The van der Waals surface area contributed by atoms with Crippen molar-refractivity contribution in [1.29, 1.82) is 0 Å². The summed E-state index contributed by atoms with van der Waals surface area (Å²) in [4.78, 5) is 25.0. The fraction of sp³-hybridized carbons (Fsp3) is 0.833. The Kier molecular flexibility index (Phi) is 3.99. The first kappa shape index (κ1) is 12.4. The predicted octanol–water partition coefficient (Wildman–Crippen LogP) is 0.719. The lowest BCUT2D eigenvalue weighted by molar-refractivity contribution is -0.168. The molecule has 1 aliphatic heterocycles. The largest absolute Gasteiger partial charge is 0.459 e. The number of nitrogens with zero attached hydrogens (tertiary/aromatic N) is 1. The standard InChI is InChI=1S/C12H19NO4/c1-2-16-12(15)11(14)13-7-8-17-10-6-4-3-5-9(10)13/h9-10H,2-8H2,1H3. The maximum absolute atomic E-state index is 11.9. The second-order valence-corrected chi connectivity index (χ2v) is 4.48. The number of morpholine rings is 1. The number of esters is 1. The van der Waals surface area contributed by atoms with Gasteiger partial charge in [-0.25, -0.2) is 4.79 Å². The Morgan fingerprint density at radius 3 is 2.88 bits per heavy atom. The second-order valence-electron chi connectivity index (χ2n) is 4.48. The Morgan fingerprint density at radius 2 is 2.12 bits per heavy atom. The van der Waals surface area contributed by atoms with Crippen LogP contribution in [0.25, 0.3) is 0 Å². The molecule has 96 valence electrons. The van der Waals surface area contributed by atoms with E-state index >= 15 is 0 Å². The van der Waals surface area contributed by atoms with Crippen molar-refractivity contribution in [1.82, 2.24) is 4.90 Å². The highest BCUT2D eigenvalue weighted by Gasteiger charge is 2.39. The van der Waals surface area contributed by atoms with Crippen LogP contribution in [0.1, 0.15) is 32.6 Å². The molecule has 0 radical (unpaired) electrons. The number of carbonyl (C=O) groups excluding carboxylic acids is 2. The molecule has 1 aliphatic carbocycles. The lowest BCUT2D eigenvalue weighted by Crippen LogP contribution is -2.56. The fourth-order valence-electron chi connectivity index (χ4n) is 2.66. The Labute approximate surface area is 101 Å². The number of hydrogen-bond donors (Lipinski definition) is 0. The van der Waals surface area contributed by atoms with Crippen LogP contribution in [-0.2, 0) is 19.1 Å². The first-order valence-electron chi connectivity index (χ1n) is 6.33. The van der Waals surface area contributed by atoms with E-state index in [2.05, 4.69) is 0 Å². The number of amides is 1. The molecule has 2 atom stereocenters. The summed E-state index contributed by atoms with van der Waals surface area (Å²) in [5.41, 5.74) is 0. The van der Waals surface area contributed by atoms with E-state index in [1.807, 2.05) is 0 Å². The van der Waals surface area contributed by atoms with Crippen LogP contribution in [-0.4, -0.2) is 48.7 Å². The van der Waals surface area contributed by atoms with Crippen LogP contribution >= 0.6 is 0 Å². The van der Waals surface area contributed by atoms with Gasteiger partial charge >= 0.3 is 11.9 Å². The van der Waals surface area contributed by atoms with Crippen molar-refractivity contribution in [3.63, 3.8) is 0 Å². The number of fused-ring (bicyclic) bond motifs is 1. The quantitative estimate of drug-likeness (QED) is 0.501. The third-order valence-electron chi connectivity index (χ3n) is 3.44. The first-order valence-corrected chi connectivity index (χ1v) is 6.33. The van der Waals surface area contributed by atoms with Crippen LogP contribution in [0.4, 0.5) is 0 Å². The van der Waals surface area contributed by atoms with Crippen LogP contribution in [0.15, 0.2) is 0 Å². The number of carbonyl (C=O) groups is 2. The van der Waals surface area contributed by atoms with Gasteiger partial charge in [0.2, 0.25) is 0 Å². The zero-order valence-electron chi connectivity index (χ0n) is 10.2. The molecule has 5 nitrogen and oxygen atoms in total. The third kappa shape index (κ3) is 2.60. The molecule has 1 heterocycles. The minimum Gasteiger partial charge on any atom is -0.459 e. The van der Waals surface area contributed by atoms with Gasteiger partial charge in [0.15, 0.2) is 0 Å². The van der Waals surface area contributed by atoms with E-state index < -0.39 is 11.9 Å². The molecule has 0 bridgehead atoms. The van der Waals surface area contributed by atoms with Gasteiger partial charge in [-0.15, -0.1) is 0 Å². The zero-order valence-corrected chi connectivity index (χ0v) is 10.2. The van der Waals surface area contributed by atoms with Crippen molar-refractivity contribution in [3.8, 4) is 0 Å². The number of rotatable bonds is 1. The lowest BCUT2D eigenvalue weighted by atomic mass is 9.90. The first-order chi connectivity index (χ1) is 8.24. The number of ether oxygens (including phenoxy) is 2. The monoisotopic (exact) mass is 241 g/mol. The van der Waals surface area contributed by atoms with E-state index in [0.717, 1.165) is 25.7 Å². The van der Waals surface area contributed by atoms with E-state index in [1.165, 1.54) is 0 Å². The van der Waals surface area contributed by atoms with Gasteiger partial charge in [-0.2, -0.15) is 0 Å². The molecule has 2 unspecified atom stereocenters. The summed E-state index contributed by atoms with van der Waals surface area (Å²) in [6.45, 7) is 2.96. The molecular formula is C12H19NO4. The van der Waals surface area contributed by atoms with Crippen molar-refractivity contribution < 1.29 is 19.1 Å². The van der Waals surface area contributed by atoms with E-state index in [9.17, 15) is 9.59 Å². The highest BCUT2D eigenvalue weighted by molar-refractivity contribution is 6.32. The minimum atomic E-state index is -0.737. The van der Waals surface area contributed by atoms with Gasteiger partial charge in [0, 0.05) is 6.54 Å². The Bertz CT molecular complexity index is 303. The van der Waals surface area contributed by atoms with Crippen LogP contribution in [0, 0.1) is 0 Å². The molecule has 1 saturated carbocycles. The normalized spacial score (nSPS) is 28.4. The molecular weight excluding hydrogens is 222 g/mol. The van der Waals surface area contributed by atoms with Gasteiger partial charge in [-0.3, -0.25) is 4.79 Å². The predicted molar refractivity (Wildman–Crippen MR) is 60.3 cm³/mol. The molecule has 0 aromatic carbocycles. The Balaban J connectivity index is 2.03. The topological polar surface area (TPSA) is 55.8 Å². The van der Waals surface area contributed by atoms with Gasteiger partial charge in [-0.1, -0.05) is 12.8 Å². The molecule has 0 aromatic heterocycles. The van der Waals surface area contributed by atoms with E-state index in [-0.39, 0.29) is 18.8 Å². The number of hydrogen-bond acceptors (Lipinski definition) is 4. The summed E-state index contributed by atoms with van der Waals surface area (Å²) < 4.78 is 10.4.